The lowest BCUT2D eigenvalue weighted by Crippen LogP contribution is -2.24. The number of rotatable bonds is 13. The van der Waals surface area contributed by atoms with Crippen LogP contribution in [0.1, 0.15) is 91.4 Å². The van der Waals surface area contributed by atoms with Gasteiger partial charge in [0.2, 0.25) is 0 Å². The van der Waals surface area contributed by atoms with Crippen LogP contribution in [0.2, 0.25) is 0 Å². The second-order valence-corrected chi connectivity index (χ2v) is 7.36. The molecule has 3 nitrogen and oxygen atoms in total. The van der Waals surface area contributed by atoms with Crippen molar-refractivity contribution in [2.75, 3.05) is 0 Å². The molecule has 1 aliphatic heterocycles. The van der Waals surface area contributed by atoms with Crippen LogP contribution in [-0.2, 0) is 9.47 Å². The van der Waals surface area contributed by atoms with Gasteiger partial charge in [-0.05, 0) is 33.1 Å². The molecule has 1 unspecified atom stereocenters. The van der Waals surface area contributed by atoms with Crippen molar-refractivity contribution >= 4 is 0 Å². The Morgan fingerprint density at radius 2 is 1.48 bits per heavy atom. The fourth-order valence-corrected chi connectivity index (χ4v) is 3.33. The first-order valence-electron chi connectivity index (χ1n) is 9.64. The van der Waals surface area contributed by atoms with Crippen molar-refractivity contribution in [2.45, 2.75) is 115 Å². The molecule has 0 aromatic rings. The van der Waals surface area contributed by atoms with E-state index in [4.69, 9.17) is 9.47 Å². The summed E-state index contributed by atoms with van der Waals surface area (Å²) in [6, 6.07) is 0. The molecule has 136 valence electrons. The van der Waals surface area contributed by atoms with Gasteiger partial charge in [-0.15, -0.1) is 6.58 Å². The van der Waals surface area contributed by atoms with E-state index in [1.165, 1.54) is 51.4 Å². The molecule has 0 spiro atoms. The largest absolute Gasteiger partial charge is 0.389 e. The Labute approximate surface area is 143 Å². The minimum atomic E-state index is -0.491. The number of aliphatic hydroxyl groups excluding tert-OH is 1. The molecule has 1 fully saturated rings. The van der Waals surface area contributed by atoms with Crippen LogP contribution in [-0.4, -0.2) is 29.2 Å². The minimum absolute atomic E-state index is 0.101. The smallest absolute Gasteiger partial charge is 0.163 e. The molecule has 0 aromatic heterocycles. The van der Waals surface area contributed by atoms with Gasteiger partial charge in [0, 0.05) is 0 Å². The van der Waals surface area contributed by atoms with Gasteiger partial charge in [0.25, 0.3) is 0 Å². The monoisotopic (exact) mass is 326 g/mol. The van der Waals surface area contributed by atoms with E-state index >= 15 is 0 Å². The van der Waals surface area contributed by atoms with Gasteiger partial charge in [0.05, 0.1) is 18.3 Å². The quantitative estimate of drug-likeness (QED) is 0.365. The third-order valence-corrected chi connectivity index (χ3v) is 4.65. The number of aliphatic hydroxyl groups is 1. The summed E-state index contributed by atoms with van der Waals surface area (Å²) in [5, 5.41) is 9.65. The highest BCUT2D eigenvalue weighted by Gasteiger charge is 2.40. The predicted octanol–water partition coefficient (Wildman–Crippen LogP) is 5.36. The molecular weight excluding hydrogens is 288 g/mol. The number of hydrogen-bond donors (Lipinski definition) is 1. The Balaban J connectivity index is 2.19. The van der Waals surface area contributed by atoms with E-state index in [0.29, 0.717) is 6.42 Å². The molecule has 3 atom stereocenters. The first-order valence-corrected chi connectivity index (χ1v) is 9.64. The van der Waals surface area contributed by atoms with E-state index in [1.807, 2.05) is 13.8 Å². The molecule has 1 aliphatic rings. The molecule has 1 rings (SSSR count). The Morgan fingerprint density at radius 3 is 2.04 bits per heavy atom. The Morgan fingerprint density at radius 1 is 0.957 bits per heavy atom. The van der Waals surface area contributed by atoms with Crippen LogP contribution in [0.5, 0.6) is 0 Å². The predicted molar refractivity (Wildman–Crippen MR) is 96.5 cm³/mol. The average molecular weight is 327 g/mol. The molecule has 3 heteroatoms. The molecule has 0 radical (unpaired) electrons. The zero-order chi connectivity index (χ0) is 17.1. The van der Waals surface area contributed by atoms with Crippen LogP contribution in [0.15, 0.2) is 12.7 Å². The van der Waals surface area contributed by atoms with Crippen molar-refractivity contribution in [3.63, 3.8) is 0 Å². The Hall–Kier alpha value is -0.380. The summed E-state index contributed by atoms with van der Waals surface area (Å²) in [6.45, 7) is 9.86. The first kappa shape index (κ1) is 20.7. The van der Waals surface area contributed by atoms with E-state index in [9.17, 15) is 5.11 Å². The highest BCUT2D eigenvalue weighted by molar-refractivity contribution is 4.85. The number of hydrogen-bond acceptors (Lipinski definition) is 3. The molecule has 0 amide bonds. The molecule has 0 aliphatic carbocycles. The Kier molecular flexibility index (Phi) is 10.1. The van der Waals surface area contributed by atoms with Gasteiger partial charge in [-0.1, -0.05) is 64.4 Å². The lowest BCUT2D eigenvalue weighted by molar-refractivity contribution is -0.147. The van der Waals surface area contributed by atoms with Crippen LogP contribution in [0.4, 0.5) is 0 Å². The van der Waals surface area contributed by atoms with Gasteiger partial charge >= 0.3 is 0 Å². The van der Waals surface area contributed by atoms with E-state index in [-0.39, 0.29) is 12.2 Å². The minimum Gasteiger partial charge on any atom is -0.389 e. The van der Waals surface area contributed by atoms with Gasteiger partial charge in [0.15, 0.2) is 5.79 Å². The van der Waals surface area contributed by atoms with Gasteiger partial charge in [0.1, 0.15) is 0 Å². The zero-order valence-electron chi connectivity index (χ0n) is 15.6. The van der Waals surface area contributed by atoms with Crippen molar-refractivity contribution in [3.8, 4) is 0 Å². The highest BCUT2D eigenvalue weighted by Crippen LogP contribution is 2.33. The molecular formula is C20H38O3. The second kappa shape index (κ2) is 11.2. The van der Waals surface area contributed by atoms with E-state index in [0.717, 1.165) is 12.8 Å². The van der Waals surface area contributed by atoms with Crippen molar-refractivity contribution in [1.29, 1.82) is 0 Å². The lowest BCUT2D eigenvalue weighted by atomic mass is 10.00. The third-order valence-electron chi connectivity index (χ3n) is 4.65. The molecule has 1 N–H and O–H groups in total. The fraction of sp³-hybridized carbons (Fsp3) is 0.900. The zero-order valence-corrected chi connectivity index (χ0v) is 15.6. The van der Waals surface area contributed by atoms with Gasteiger partial charge in [-0.25, -0.2) is 0 Å². The molecule has 1 heterocycles. The van der Waals surface area contributed by atoms with Crippen LogP contribution < -0.4 is 0 Å². The summed E-state index contributed by atoms with van der Waals surface area (Å²) in [5.74, 6) is -0.491. The van der Waals surface area contributed by atoms with E-state index < -0.39 is 11.9 Å². The van der Waals surface area contributed by atoms with Crippen molar-refractivity contribution in [1.82, 2.24) is 0 Å². The number of unbranched alkanes of at least 4 members (excludes halogenated alkanes) is 7. The second-order valence-electron chi connectivity index (χ2n) is 7.36. The standard InChI is InChI=1S/C20H38O3/c1-5-7-8-9-10-11-12-13-14-18-19(16-15-17(21)6-2)23-20(3,4)22-18/h6,17-19,21H,2,5,7-16H2,1,3-4H3/t17?,18-,19+/m0/s1. The third kappa shape index (κ3) is 8.88. The van der Waals surface area contributed by atoms with Crippen molar-refractivity contribution in [2.24, 2.45) is 0 Å². The first-order chi connectivity index (χ1) is 11.0. The maximum atomic E-state index is 9.65. The SMILES string of the molecule is C=CC(O)CC[C@H]1OC(C)(C)O[C@H]1CCCCCCCCCC. The van der Waals surface area contributed by atoms with Crippen LogP contribution in [0.3, 0.4) is 0 Å². The molecule has 0 bridgehead atoms. The van der Waals surface area contributed by atoms with E-state index in [1.54, 1.807) is 6.08 Å². The normalized spacial score (nSPS) is 24.7. The summed E-state index contributed by atoms with van der Waals surface area (Å²) < 4.78 is 12.1. The molecule has 0 saturated carbocycles. The van der Waals surface area contributed by atoms with E-state index in [2.05, 4.69) is 13.5 Å². The summed E-state index contributed by atoms with van der Waals surface area (Å²) in [7, 11) is 0. The maximum Gasteiger partial charge on any atom is 0.163 e. The summed E-state index contributed by atoms with van der Waals surface area (Å²) in [4.78, 5) is 0. The average Bonchev–Trinajstić information content (AvgIpc) is 2.81. The maximum absolute atomic E-state index is 9.65. The van der Waals surface area contributed by atoms with Gasteiger partial charge in [-0.2, -0.15) is 0 Å². The molecule has 23 heavy (non-hydrogen) atoms. The highest BCUT2D eigenvalue weighted by atomic mass is 16.7. The molecule has 1 saturated heterocycles. The van der Waals surface area contributed by atoms with Crippen molar-refractivity contribution in [3.05, 3.63) is 12.7 Å². The van der Waals surface area contributed by atoms with Crippen molar-refractivity contribution < 1.29 is 14.6 Å². The van der Waals surface area contributed by atoms with Gasteiger partial charge < -0.3 is 14.6 Å². The van der Waals surface area contributed by atoms with Crippen LogP contribution in [0.25, 0.3) is 0 Å². The summed E-state index contributed by atoms with van der Waals surface area (Å²) in [5.41, 5.74) is 0. The van der Waals surface area contributed by atoms with Gasteiger partial charge in [-0.3, -0.25) is 0 Å². The summed E-state index contributed by atoms with van der Waals surface area (Å²) in [6.07, 6.45) is 14.7. The van der Waals surface area contributed by atoms with Crippen LogP contribution in [0, 0.1) is 0 Å². The summed E-state index contributed by atoms with van der Waals surface area (Å²) >= 11 is 0. The Bertz CT molecular complexity index is 314. The number of ether oxygens (including phenoxy) is 2. The fourth-order valence-electron chi connectivity index (χ4n) is 3.33. The molecule has 0 aromatic carbocycles. The lowest BCUT2D eigenvalue weighted by Gasteiger charge is -2.17. The van der Waals surface area contributed by atoms with Crippen LogP contribution >= 0.6 is 0 Å². The topological polar surface area (TPSA) is 38.7 Å².